The van der Waals surface area contributed by atoms with E-state index in [1.807, 2.05) is 26.0 Å². The zero-order valence-electron chi connectivity index (χ0n) is 17.9. The predicted molar refractivity (Wildman–Crippen MR) is 119 cm³/mol. The van der Waals surface area contributed by atoms with Crippen molar-refractivity contribution in [2.75, 3.05) is 43.1 Å². The molecule has 0 radical (unpaired) electrons. The van der Waals surface area contributed by atoms with Crippen LogP contribution in [0.3, 0.4) is 0 Å². The second-order valence-electron chi connectivity index (χ2n) is 7.93. The fourth-order valence-electron chi connectivity index (χ4n) is 3.95. The molecule has 0 saturated carbocycles. The Balaban J connectivity index is 1.49. The largest absolute Gasteiger partial charge is 0.378 e. The monoisotopic (exact) mass is 421 g/mol. The minimum absolute atomic E-state index is 0.282. The molecule has 1 N–H and O–H groups in total. The van der Waals surface area contributed by atoms with Gasteiger partial charge in [-0.15, -0.1) is 0 Å². The summed E-state index contributed by atoms with van der Waals surface area (Å²) in [5, 5.41) is 2.93. The van der Waals surface area contributed by atoms with Crippen LogP contribution in [0.1, 0.15) is 56.4 Å². The number of ether oxygens (including phenoxy) is 1. The fourth-order valence-corrected chi connectivity index (χ4v) is 3.95. The van der Waals surface area contributed by atoms with Crippen LogP contribution in [0.15, 0.2) is 36.4 Å². The number of carbonyl (C=O) groups excluding carboxylic acids is 3. The van der Waals surface area contributed by atoms with Crippen molar-refractivity contribution in [2.45, 2.75) is 26.7 Å². The molecule has 162 valence electrons. The summed E-state index contributed by atoms with van der Waals surface area (Å²) in [4.78, 5) is 41.5. The number of anilines is 2. The van der Waals surface area contributed by atoms with Crippen molar-refractivity contribution in [3.05, 3.63) is 58.7 Å². The number of morpholine rings is 1. The van der Waals surface area contributed by atoms with E-state index in [2.05, 4.69) is 16.3 Å². The van der Waals surface area contributed by atoms with Crippen molar-refractivity contribution in [3.8, 4) is 0 Å². The molecule has 1 fully saturated rings. The van der Waals surface area contributed by atoms with E-state index in [9.17, 15) is 14.4 Å². The zero-order valence-corrected chi connectivity index (χ0v) is 17.9. The highest BCUT2D eigenvalue weighted by molar-refractivity contribution is 6.22. The molecule has 0 bridgehead atoms. The molecular formula is C24H27N3O4. The zero-order chi connectivity index (χ0) is 22.0. The Morgan fingerprint density at radius 2 is 1.77 bits per heavy atom. The first-order valence-electron chi connectivity index (χ1n) is 10.7. The summed E-state index contributed by atoms with van der Waals surface area (Å²) in [6.45, 7) is 7.50. The number of nitrogens with zero attached hydrogens (tertiary/aromatic N) is 2. The van der Waals surface area contributed by atoms with Crippen LogP contribution in [0.25, 0.3) is 0 Å². The number of fused-ring (bicyclic) bond motifs is 1. The molecule has 7 heteroatoms. The van der Waals surface area contributed by atoms with Crippen LogP contribution in [-0.2, 0) is 4.74 Å². The lowest BCUT2D eigenvalue weighted by molar-refractivity contribution is 0.0652. The summed E-state index contributed by atoms with van der Waals surface area (Å²) in [6, 6.07) is 10.6. The van der Waals surface area contributed by atoms with Gasteiger partial charge in [0.05, 0.1) is 24.3 Å². The van der Waals surface area contributed by atoms with E-state index in [1.54, 1.807) is 12.1 Å². The Labute approximate surface area is 182 Å². The minimum atomic E-state index is -0.325. The van der Waals surface area contributed by atoms with Crippen LogP contribution in [0.4, 0.5) is 11.4 Å². The Morgan fingerprint density at radius 3 is 2.48 bits per heavy atom. The van der Waals surface area contributed by atoms with E-state index in [4.69, 9.17) is 4.74 Å². The van der Waals surface area contributed by atoms with Gasteiger partial charge in [0.25, 0.3) is 17.7 Å². The predicted octanol–water partition coefficient (Wildman–Crippen LogP) is 3.48. The Bertz CT molecular complexity index is 1030. The quantitative estimate of drug-likeness (QED) is 0.723. The van der Waals surface area contributed by atoms with E-state index in [-0.39, 0.29) is 17.7 Å². The van der Waals surface area contributed by atoms with Gasteiger partial charge in [-0.1, -0.05) is 13.3 Å². The Morgan fingerprint density at radius 1 is 1.03 bits per heavy atom. The van der Waals surface area contributed by atoms with Gasteiger partial charge in [0.1, 0.15) is 0 Å². The van der Waals surface area contributed by atoms with E-state index < -0.39 is 0 Å². The van der Waals surface area contributed by atoms with Crippen LogP contribution >= 0.6 is 0 Å². The number of unbranched alkanes of at least 4 members (excludes halogenated alkanes) is 1. The van der Waals surface area contributed by atoms with Crippen molar-refractivity contribution in [1.82, 2.24) is 4.90 Å². The first kappa shape index (κ1) is 21.1. The summed E-state index contributed by atoms with van der Waals surface area (Å²) < 4.78 is 5.40. The molecule has 4 rings (SSSR count). The summed E-state index contributed by atoms with van der Waals surface area (Å²) in [5.74, 6) is -0.915. The van der Waals surface area contributed by atoms with Crippen LogP contribution < -0.4 is 10.2 Å². The molecule has 0 spiro atoms. The van der Waals surface area contributed by atoms with E-state index in [1.165, 1.54) is 11.0 Å². The molecule has 2 aliphatic heterocycles. The SMILES string of the molecule is CCCCN1C(=O)c2ccc(C(=O)Nc3ccc(N4CCOCC4)cc3C)cc2C1=O. The number of benzene rings is 2. The highest BCUT2D eigenvalue weighted by Crippen LogP contribution is 2.26. The maximum absolute atomic E-state index is 12.8. The second-order valence-corrected chi connectivity index (χ2v) is 7.93. The lowest BCUT2D eigenvalue weighted by atomic mass is 10.0. The summed E-state index contributed by atoms with van der Waals surface area (Å²) in [5.41, 5.74) is 3.79. The Hall–Kier alpha value is -3.19. The third-order valence-corrected chi connectivity index (χ3v) is 5.80. The summed E-state index contributed by atoms with van der Waals surface area (Å²) in [6.07, 6.45) is 1.66. The number of carbonyl (C=O) groups is 3. The molecule has 0 unspecified atom stereocenters. The lowest BCUT2D eigenvalue weighted by Crippen LogP contribution is -2.36. The molecule has 0 aromatic heterocycles. The average Bonchev–Trinajstić information content (AvgIpc) is 3.03. The maximum Gasteiger partial charge on any atom is 0.261 e. The molecule has 2 aromatic rings. The van der Waals surface area contributed by atoms with Crippen molar-refractivity contribution < 1.29 is 19.1 Å². The van der Waals surface area contributed by atoms with E-state index in [0.717, 1.165) is 42.9 Å². The topological polar surface area (TPSA) is 79.0 Å². The molecule has 31 heavy (non-hydrogen) atoms. The van der Waals surface area contributed by atoms with Gasteiger partial charge in [-0.3, -0.25) is 19.3 Å². The average molecular weight is 421 g/mol. The molecule has 7 nitrogen and oxygen atoms in total. The lowest BCUT2D eigenvalue weighted by Gasteiger charge is -2.29. The molecule has 3 amide bonds. The normalized spacial score (nSPS) is 15.9. The first-order valence-corrected chi connectivity index (χ1v) is 10.7. The number of aryl methyl sites for hydroxylation is 1. The number of imide groups is 1. The van der Waals surface area contributed by atoms with Gasteiger partial charge >= 0.3 is 0 Å². The molecule has 2 heterocycles. The van der Waals surface area contributed by atoms with Crippen LogP contribution in [-0.4, -0.2) is 55.5 Å². The first-order chi connectivity index (χ1) is 15.0. The highest BCUT2D eigenvalue weighted by Gasteiger charge is 2.35. The number of hydrogen-bond donors (Lipinski definition) is 1. The fraction of sp³-hybridized carbons (Fsp3) is 0.375. The van der Waals surface area contributed by atoms with Crippen molar-refractivity contribution in [1.29, 1.82) is 0 Å². The molecule has 0 aliphatic carbocycles. The van der Waals surface area contributed by atoms with E-state index in [0.29, 0.717) is 36.4 Å². The number of rotatable bonds is 6. The van der Waals surface area contributed by atoms with Gasteiger partial charge in [0.2, 0.25) is 0 Å². The van der Waals surface area contributed by atoms with Gasteiger partial charge < -0.3 is 15.0 Å². The Kier molecular flexibility index (Phi) is 6.04. The minimum Gasteiger partial charge on any atom is -0.378 e. The highest BCUT2D eigenvalue weighted by atomic mass is 16.5. The van der Waals surface area contributed by atoms with Gasteiger partial charge in [-0.25, -0.2) is 0 Å². The molecule has 0 atom stereocenters. The third kappa shape index (κ3) is 4.18. The molecule has 2 aliphatic rings. The van der Waals surface area contributed by atoms with Crippen molar-refractivity contribution in [3.63, 3.8) is 0 Å². The van der Waals surface area contributed by atoms with E-state index >= 15 is 0 Å². The summed E-state index contributed by atoms with van der Waals surface area (Å²) >= 11 is 0. The van der Waals surface area contributed by atoms with Gasteiger partial charge in [-0.05, 0) is 55.3 Å². The molecule has 2 aromatic carbocycles. The third-order valence-electron chi connectivity index (χ3n) is 5.80. The van der Waals surface area contributed by atoms with Gasteiger partial charge in [0.15, 0.2) is 0 Å². The van der Waals surface area contributed by atoms with Crippen LogP contribution in [0, 0.1) is 6.92 Å². The number of hydrogen-bond acceptors (Lipinski definition) is 5. The molecule has 1 saturated heterocycles. The standard InChI is InChI=1S/C24H27N3O4/c1-3-4-9-27-23(29)19-7-5-17(15-20(19)24(27)30)22(28)25-21-8-6-18(14-16(21)2)26-10-12-31-13-11-26/h5-8,14-15H,3-4,9-13H2,1-2H3,(H,25,28). The maximum atomic E-state index is 12.8. The van der Waals surface area contributed by atoms with Gasteiger partial charge in [-0.2, -0.15) is 0 Å². The second kappa shape index (κ2) is 8.89. The summed E-state index contributed by atoms with van der Waals surface area (Å²) in [7, 11) is 0. The van der Waals surface area contributed by atoms with Gasteiger partial charge in [0, 0.05) is 36.6 Å². The number of amides is 3. The molecular weight excluding hydrogens is 394 g/mol. The number of nitrogens with one attached hydrogen (secondary N) is 1. The van der Waals surface area contributed by atoms with Crippen LogP contribution in [0.2, 0.25) is 0 Å². The van der Waals surface area contributed by atoms with Crippen molar-refractivity contribution in [2.24, 2.45) is 0 Å². The van der Waals surface area contributed by atoms with Crippen molar-refractivity contribution >= 4 is 29.1 Å². The smallest absolute Gasteiger partial charge is 0.261 e. The van der Waals surface area contributed by atoms with Crippen LogP contribution in [0.5, 0.6) is 0 Å².